The van der Waals surface area contributed by atoms with Crippen LogP contribution in [0.1, 0.15) is 57.1 Å². The number of ether oxygens (including phenoxy) is 2. The quantitative estimate of drug-likeness (QED) is 0.306. The van der Waals surface area contributed by atoms with E-state index in [0.717, 1.165) is 36.4 Å². The average molecular weight is 447 g/mol. The monoisotopic (exact) mass is 446 g/mol. The van der Waals surface area contributed by atoms with Crippen LogP contribution < -0.4 is 14.8 Å². The molecule has 0 unspecified atom stereocenters. The summed E-state index contributed by atoms with van der Waals surface area (Å²) in [6, 6.07) is 13.9. The molecule has 0 heterocycles. The first-order chi connectivity index (χ1) is 15.2. The molecule has 0 fully saturated rings. The summed E-state index contributed by atoms with van der Waals surface area (Å²) in [7, 11) is 1.65. The highest BCUT2D eigenvalue weighted by Crippen LogP contribution is 2.35. The van der Waals surface area contributed by atoms with Crippen LogP contribution in [0.2, 0.25) is 5.02 Å². The molecule has 0 aromatic heterocycles. The minimum absolute atomic E-state index is 0.496. The summed E-state index contributed by atoms with van der Waals surface area (Å²) in [6.07, 6.45) is 6.20. The van der Waals surface area contributed by atoms with Crippen molar-refractivity contribution in [2.75, 3.05) is 33.3 Å². The van der Waals surface area contributed by atoms with Crippen molar-refractivity contribution in [2.45, 2.75) is 59.1 Å². The number of methoxy groups -OCH3 is 1. The number of nitrogens with one attached hydrogen (secondary N) is 1. The van der Waals surface area contributed by atoms with Gasteiger partial charge in [0.2, 0.25) is 0 Å². The average Bonchev–Trinajstić information content (AvgIpc) is 2.79. The second kappa shape index (κ2) is 15.1. The van der Waals surface area contributed by atoms with E-state index >= 15 is 0 Å². The minimum atomic E-state index is 0.496. The van der Waals surface area contributed by atoms with Gasteiger partial charge in [0.25, 0.3) is 0 Å². The molecule has 5 heteroatoms. The normalized spacial score (nSPS) is 11.1. The minimum Gasteiger partial charge on any atom is -0.493 e. The Hall–Kier alpha value is -1.75. The van der Waals surface area contributed by atoms with Crippen LogP contribution in [0.4, 0.5) is 0 Å². The molecule has 0 saturated heterocycles. The molecule has 0 spiro atoms. The zero-order valence-electron chi connectivity index (χ0n) is 19.5. The second-order valence-corrected chi connectivity index (χ2v) is 8.39. The van der Waals surface area contributed by atoms with Gasteiger partial charge in [-0.25, -0.2) is 0 Å². The van der Waals surface area contributed by atoms with Gasteiger partial charge in [-0.2, -0.15) is 0 Å². The fraction of sp³-hybridized carbons (Fsp3) is 0.538. The van der Waals surface area contributed by atoms with E-state index in [9.17, 15) is 0 Å². The lowest BCUT2D eigenvalue weighted by Gasteiger charge is -2.22. The van der Waals surface area contributed by atoms with Gasteiger partial charge in [0, 0.05) is 23.2 Å². The molecule has 0 aliphatic heterocycles. The number of rotatable bonds is 16. The van der Waals surface area contributed by atoms with E-state index in [2.05, 4.69) is 36.2 Å². The summed E-state index contributed by atoms with van der Waals surface area (Å²) in [5, 5.41) is 4.22. The maximum Gasteiger partial charge on any atom is 0.166 e. The molecule has 4 nitrogen and oxygen atoms in total. The summed E-state index contributed by atoms with van der Waals surface area (Å²) in [4.78, 5) is 2.60. The van der Waals surface area contributed by atoms with Gasteiger partial charge in [-0.1, -0.05) is 68.6 Å². The molecule has 0 atom stereocenters. The molecule has 2 aromatic carbocycles. The van der Waals surface area contributed by atoms with Crippen molar-refractivity contribution in [1.29, 1.82) is 0 Å². The van der Waals surface area contributed by atoms with Crippen LogP contribution in [-0.2, 0) is 13.2 Å². The van der Waals surface area contributed by atoms with Crippen LogP contribution in [-0.4, -0.2) is 38.2 Å². The van der Waals surface area contributed by atoms with Crippen LogP contribution in [0, 0.1) is 0 Å². The summed E-state index contributed by atoms with van der Waals surface area (Å²) < 4.78 is 11.7. The van der Waals surface area contributed by atoms with Gasteiger partial charge in [0.1, 0.15) is 6.61 Å². The fourth-order valence-electron chi connectivity index (χ4n) is 3.55. The zero-order valence-corrected chi connectivity index (χ0v) is 20.2. The highest BCUT2D eigenvalue weighted by molar-refractivity contribution is 6.30. The van der Waals surface area contributed by atoms with Gasteiger partial charge >= 0.3 is 0 Å². The van der Waals surface area contributed by atoms with Crippen molar-refractivity contribution in [3.63, 3.8) is 0 Å². The van der Waals surface area contributed by atoms with Crippen LogP contribution >= 0.6 is 11.6 Å². The van der Waals surface area contributed by atoms with Crippen molar-refractivity contribution < 1.29 is 9.47 Å². The summed E-state index contributed by atoms with van der Waals surface area (Å²) >= 11 is 6.33. The molecule has 0 saturated carbocycles. The summed E-state index contributed by atoms with van der Waals surface area (Å²) in [6.45, 7) is 10.2. The van der Waals surface area contributed by atoms with Crippen molar-refractivity contribution in [2.24, 2.45) is 0 Å². The van der Waals surface area contributed by atoms with Crippen LogP contribution in [0.15, 0.2) is 42.5 Å². The molecule has 0 aliphatic rings. The van der Waals surface area contributed by atoms with E-state index in [1.54, 1.807) is 7.11 Å². The highest BCUT2D eigenvalue weighted by atomic mass is 35.5. The van der Waals surface area contributed by atoms with Gasteiger partial charge in [-0.05, 0) is 57.1 Å². The number of benzene rings is 2. The molecule has 172 valence electrons. The molecular weight excluding hydrogens is 408 g/mol. The lowest BCUT2D eigenvalue weighted by atomic mass is 10.1. The first-order valence-corrected chi connectivity index (χ1v) is 12.0. The molecular formula is C26H39ClN2O2. The maximum absolute atomic E-state index is 6.33. The SMILES string of the molecule is CCCCN(CCCC)CCCNCc1cc(Cl)cc(OC)c1OCc1ccccc1. The smallest absolute Gasteiger partial charge is 0.166 e. The molecule has 1 N–H and O–H groups in total. The third kappa shape index (κ3) is 9.51. The largest absolute Gasteiger partial charge is 0.493 e. The van der Waals surface area contributed by atoms with Crippen molar-refractivity contribution in [3.05, 3.63) is 58.6 Å². The lowest BCUT2D eigenvalue weighted by Crippen LogP contribution is -2.29. The summed E-state index contributed by atoms with van der Waals surface area (Å²) in [5.41, 5.74) is 2.15. The van der Waals surface area contributed by atoms with Gasteiger partial charge < -0.3 is 19.7 Å². The molecule has 0 amide bonds. The van der Waals surface area contributed by atoms with Crippen molar-refractivity contribution in [3.8, 4) is 11.5 Å². The van der Waals surface area contributed by atoms with E-state index in [1.807, 2.05) is 30.3 Å². The van der Waals surface area contributed by atoms with Crippen molar-refractivity contribution in [1.82, 2.24) is 10.2 Å². The van der Waals surface area contributed by atoms with E-state index in [4.69, 9.17) is 21.1 Å². The van der Waals surface area contributed by atoms with Crippen molar-refractivity contribution >= 4 is 11.6 Å². The molecule has 31 heavy (non-hydrogen) atoms. The van der Waals surface area contributed by atoms with Gasteiger partial charge in [-0.15, -0.1) is 0 Å². The Morgan fingerprint density at radius 1 is 0.935 bits per heavy atom. The Bertz CT molecular complexity index is 732. The first kappa shape index (κ1) is 25.5. The maximum atomic E-state index is 6.33. The van der Waals surface area contributed by atoms with Gasteiger partial charge in [0.05, 0.1) is 7.11 Å². The molecule has 0 aliphatic carbocycles. The Kier molecular flexibility index (Phi) is 12.4. The lowest BCUT2D eigenvalue weighted by molar-refractivity contribution is 0.260. The highest BCUT2D eigenvalue weighted by Gasteiger charge is 2.13. The third-order valence-electron chi connectivity index (χ3n) is 5.34. The van der Waals surface area contributed by atoms with E-state index in [-0.39, 0.29) is 0 Å². The summed E-state index contributed by atoms with van der Waals surface area (Å²) in [5.74, 6) is 1.43. The Labute approximate surface area is 193 Å². The standard InChI is InChI=1S/C26H39ClN2O2/c1-4-6-15-29(16-7-5-2)17-11-14-28-20-23-18-24(27)19-25(30-3)26(23)31-21-22-12-9-8-10-13-22/h8-10,12-13,18-19,28H,4-7,11,14-17,20-21H2,1-3H3. The van der Waals surface area contributed by atoms with E-state index in [0.29, 0.717) is 23.9 Å². The number of halogens is 1. The van der Waals surface area contributed by atoms with Crippen LogP contribution in [0.3, 0.4) is 0 Å². The predicted octanol–water partition coefficient (Wildman–Crippen LogP) is 6.31. The second-order valence-electron chi connectivity index (χ2n) is 7.95. The van der Waals surface area contributed by atoms with Crippen LogP contribution in [0.25, 0.3) is 0 Å². The number of hydrogen-bond acceptors (Lipinski definition) is 4. The van der Waals surface area contributed by atoms with Gasteiger partial charge in [-0.3, -0.25) is 0 Å². The Morgan fingerprint density at radius 3 is 2.26 bits per heavy atom. The zero-order chi connectivity index (χ0) is 22.3. The fourth-order valence-corrected chi connectivity index (χ4v) is 3.78. The molecule has 2 aromatic rings. The number of nitrogens with zero attached hydrogens (tertiary/aromatic N) is 1. The Balaban J connectivity index is 1.90. The third-order valence-corrected chi connectivity index (χ3v) is 5.56. The van der Waals surface area contributed by atoms with E-state index in [1.165, 1.54) is 38.8 Å². The van der Waals surface area contributed by atoms with E-state index < -0.39 is 0 Å². The number of hydrogen-bond donors (Lipinski definition) is 1. The van der Waals surface area contributed by atoms with Crippen LogP contribution in [0.5, 0.6) is 11.5 Å². The van der Waals surface area contributed by atoms with Gasteiger partial charge in [0.15, 0.2) is 11.5 Å². The predicted molar refractivity (Wildman–Crippen MR) is 131 cm³/mol. The molecule has 0 bridgehead atoms. The topological polar surface area (TPSA) is 33.7 Å². The molecule has 2 rings (SSSR count). The number of unbranched alkanes of at least 4 members (excludes halogenated alkanes) is 2. The molecule has 0 radical (unpaired) electrons. The first-order valence-electron chi connectivity index (χ1n) is 11.6. The Morgan fingerprint density at radius 2 is 1.61 bits per heavy atom.